The summed E-state index contributed by atoms with van der Waals surface area (Å²) in [5, 5.41) is 3.84. The largest absolute Gasteiger partial charge is 0.468 e. The first-order valence-electron chi connectivity index (χ1n) is 5.99. The minimum absolute atomic E-state index is 0.0262. The zero-order chi connectivity index (χ0) is 13.7. The number of hydrogen-bond acceptors (Lipinski definition) is 5. The van der Waals surface area contributed by atoms with Crippen molar-refractivity contribution in [3.63, 3.8) is 0 Å². The van der Waals surface area contributed by atoms with Crippen molar-refractivity contribution in [1.82, 2.24) is 10.3 Å². The second-order valence-electron chi connectivity index (χ2n) is 4.04. The van der Waals surface area contributed by atoms with Crippen LogP contribution >= 0.6 is 23.1 Å². The van der Waals surface area contributed by atoms with Crippen LogP contribution < -0.4 is 5.32 Å². The maximum absolute atomic E-state index is 11.9. The predicted molar refractivity (Wildman–Crippen MR) is 78.8 cm³/mol. The number of thiazole rings is 1. The number of furan rings is 1. The molecule has 0 unspecified atom stereocenters. The highest BCUT2D eigenvalue weighted by Gasteiger charge is 2.12. The van der Waals surface area contributed by atoms with Crippen LogP contribution in [0.15, 0.2) is 22.8 Å². The molecule has 0 bridgehead atoms. The van der Waals surface area contributed by atoms with E-state index in [1.54, 1.807) is 18.0 Å². The van der Waals surface area contributed by atoms with Crippen molar-refractivity contribution in [2.45, 2.75) is 19.6 Å². The fourth-order valence-corrected chi connectivity index (χ4v) is 3.22. The van der Waals surface area contributed by atoms with E-state index in [2.05, 4.69) is 10.3 Å². The fourth-order valence-electron chi connectivity index (χ4n) is 1.63. The fraction of sp³-hybridized carbons (Fsp3) is 0.385. The molecule has 19 heavy (non-hydrogen) atoms. The molecule has 0 aliphatic carbocycles. The Kier molecular flexibility index (Phi) is 5.04. The first-order chi connectivity index (χ1) is 9.16. The Morgan fingerprint density at radius 2 is 2.37 bits per heavy atom. The van der Waals surface area contributed by atoms with Gasteiger partial charge in [0.25, 0.3) is 5.91 Å². The summed E-state index contributed by atoms with van der Waals surface area (Å²) in [6, 6.07) is 3.83. The quantitative estimate of drug-likeness (QED) is 0.833. The lowest BCUT2D eigenvalue weighted by Crippen LogP contribution is -2.25. The number of hydrogen-bond donors (Lipinski definition) is 1. The molecule has 2 aromatic heterocycles. The van der Waals surface area contributed by atoms with Gasteiger partial charge in [-0.3, -0.25) is 4.79 Å². The average molecular weight is 296 g/mol. The Bertz CT molecular complexity index is 535. The van der Waals surface area contributed by atoms with Crippen molar-refractivity contribution < 1.29 is 9.21 Å². The second-order valence-corrected chi connectivity index (χ2v) is 6.34. The van der Waals surface area contributed by atoms with Gasteiger partial charge in [0.1, 0.15) is 10.6 Å². The molecule has 0 aliphatic heterocycles. The van der Waals surface area contributed by atoms with Gasteiger partial charge in [-0.1, -0.05) is 0 Å². The minimum Gasteiger partial charge on any atom is -0.468 e. The van der Waals surface area contributed by atoms with Crippen molar-refractivity contribution in [2.24, 2.45) is 0 Å². The number of carbonyl (C=O) groups excluding carboxylic acids is 1. The van der Waals surface area contributed by atoms with Crippen molar-refractivity contribution >= 4 is 29.0 Å². The number of aromatic nitrogens is 1. The SMILES string of the molecule is Cc1nc(C)c(C(=O)NCCSCc2ccco2)s1. The Balaban J connectivity index is 1.68. The number of nitrogens with zero attached hydrogens (tertiary/aromatic N) is 1. The molecule has 1 amide bonds. The molecular weight excluding hydrogens is 280 g/mol. The van der Waals surface area contributed by atoms with Gasteiger partial charge in [-0.05, 0) is 26.0 Å². The second kappa shape index (κ2) is 6.77. The van der Waals surface area contributed by atoms with Crippen LogP contribution in [0.5, 0.6) is 0 Å². The third-order valence-electron chi connectivity index (χ3n) is 2.47. The summed E-state index contributed by atoms with van der Waals surface area (Å²) in [6.07, 6.45) is 1.67. The Morgan fingerprint density at radius 3 is 3.00 bits per heavy atom. The van der Waals surface area contributed by atoms with Gasteiger partial charge in [0.05, 0.1) is 22.7 Å². The standard InChI is InChI=1S/C13H16N2O2S2/c1-9-12(19-10(2)15-9)13(16)14-5-7-18-8-11-4-3-6-17-11/h3-4,6H,5,7-8H2,1-2H3,(H,14,16). The van der Waals surface area contributed by atoms with E-state index in [1.165, 1.54) is 11.3 Å². The minimum atomic E-state index is -0.0262. The van der Waals surface area contributed by atoms with E-state index < -0.39 is 0 Å². The molecule has 4 nitrogen and oxygen atoms in total. The zero-order valence-corrected chi connectivity index (χ0v) is 12.6. The van der Waals surface area contributed by atoms with Gasteiger partial charge < -0.3 is 9.73 Å². The van der Waals surface area contributed by atoms with Crippen LogP contribution in [0.1, 0.15) is 26.1 Å². The molecule has 0 atom stereocenters. The van der Waals surface area contributed by atoms with Gasteiger partial charge in [-0.15, -0.1) is 11.3 Å². The number of carbonyl (C=O) groups is 1. The predicted octanol–water partition coefficient (Wildman–Crippen LogP) is 3.02. The maximum Gasteiger partial charge on any atom is 0.263 e. The van der Waals surface area contributed by atoms with E-state index in [4.69, 9.17) is 4.42 Å². The van der Waals surface area contributed by atoms with Crippen LogP contribution in [0.2, 0.25) is 0 Å². The smallest absolute Gasteiger partial charge is 0.263 e. The molecule has 2 rings (SSSR count). The van der Waals surface area contributed by atoms with Gasteiger partial charge in [0.2, 0.25) is 0 Å². The molecule has 0 spiro atoms. The molecule has 0 aromatic carbocycles. The van der Waals surface area contributed by atoms with E-state index >= 15 is 0 Å². The van der Waals surface area contributed by atoms with Gasteiger partial charge in [0.15, 0.2) is 0 Å². The highest BCUT2D eigenvalue weighted by atomic mass is 32.2. The van der Waals surface area contributed by atoms with Crippen molar-refractivity contribution in [1.29, 1.82) is 0 Å². The highest BCUT2D eigenvalue weighted by molar-refractivity contribution is 7.98. The van der Waals surface area contributed by atoms with Crippen molar-refractivity contribution in [3.05, 3.63) is 39.7 Å². The Morgan fingerprint density at radius 1 is 1.53 bits per heavy atom. The van der Waals surface area contributed by atoms with Crippen LogP contribution in [0.25, 0.3) is 0 Å². The molecule has 0 saturated carbocycles. The van der Waals surface area contributed by atoms with E-state index in [1.807, 2.05) is 26.0 Å². The molecule has 102 valence electrons. The first-order valence-corrected chi connectivity index (χ1v) is 7.96. The normalized spacial score (nSPS) is 10.6. The summed E-state index contributed by atoms with van der Waals surface area (Å²) in [4.78, 5) is 16.9. The van der Waals surface area contributed by atoms with Crippen LogP contribution in [0, 0.1) is 13.8 Å². The van der Waals surface area contributed by atoms with Gasteiger partial charge in [-0.2, -0.15) is 11.8 Å². The Labute approximate surface area is 120 Å². The van der Waals surface area contributed by atoms with Gasteiger partial charge >= 0.3 is 0 Å². The number of nitrogens with one attached hydrogen (secondary N) is 1. The lowest BCUT2D eigenvalue weighted by molar-refractivity contribution is 0.0959. The summed E-state index contributed by atoms with van der Waals surface area (Å²) in [7, 11) is 0. The van der Waals surface area contributed by atoms with E-state index in [-0.39, 0.29) is 5.91 Å². The van der Waals surface area contributed by atoms with Crippen LogP contribution in [0.4, 0.5) is 0 Å². The molecule has 2 aromatic rings. The Hall–Kier alpha value is -1.27. The number of aryl methyl sites for hydroxylation is 2. The molecule has 6 heteroatoms. The van der Waals surface area contributed by atoms with E-state index in [9.17, 15) is 4.79 Å². The van der Waals surface area contributed by atoms with E-state index in [0.29, 0.717) is 11.4 Å². The summed E-state index contributed by atoms with van der Waals surface area (Å²) >= 11 is 3.18. The van der Waals surface area contributed by atoms with Gasteiger partial charge in [-0.25, -0.2) is 4.98 Å². The molecule has 0 aliphatic rings. The number of amides is 1. The lowest BCUT2D eigenvalue weighted by Gasteiger charge is -2.03. The maximum atomic E-state index is 11.9. The summed E-state index contributed by atoms with van der Waals surface area (Å²) in [5.41, 5.74) is 0.809. The third kappa shape index (κ3) is 4.11. The third-order valence-corrected chi connectivity index (χ3v) is 4.52. The van der Waals surface area contributed by atoms with Crippen molar-refractivity contribution in [3.8, 4) is 0 Å². The number of thioether (sulfide) groups is 1. The van der Waals surface area contributed by atoms with Crippen LogP contribution in [-0.2, 0) is 5.75 Å². The molecule has 0 fully saturated rings. The summed E-state index contributed by atoms with van der Waals surface area (Å²) in [6.45, 7) is 4.43. The molecular formula is C13H16N2O2S2. The molecule has 0 radical (unpaired) electrons. The monoisotopic (exact) mass is 296 g/mol. The van der Waals surface area contributed by atoms with Gasteiger partial charge in [0, 0.05) is 12.3 Å². The van der Waals surface area contributed by atoms with Crippen LogP contribution in [-0.4, -0.2) is 23.2 Å². The lowest BCUT2D eigenvalue weighted by atomic mass is 10.4. The molecule has 0 saturated heterocycles. The molecule has 1 N–H and O–H groups in total. The number of rotatable bonds is 6. The van der Waals surface area contributed by atoms with Crippen molar-refractivity contribution in [2.75, 3.05) is 12.3 Å². The highest BCUT2D eigenvalue weighted by Crippen LogP contribution is 2.17. The topological polar surface area (TPSA) is 55.1 Å². The van der Waals surface area contributed by atoms with E-state index in [0.717, 1.165) is 28.0 Å². The average Bonchev–Trinajstić information content (AvgIpc) is 2.98. The zero-order valence-electron chi connectivity index (χ0n) is 10.9. The summed E-state index contributed by atoms with van der Waals surface area (Å²) < 4.78 is 5.23. The first kappa shape index (κ1) is 14.1. The molecule has 2 heterocycles. The van der Waals surface area contributed by atoms with Crippen LogP contribution in [0.3, 0.4) is 0 Å². The summed E-state index contributed by atoms with van der Waals surface area (Å²) in [5.74, 6) is 2.64.